The minimum atomic E-state index is -2.07. The van der Waals surface area contributed by atoms with Crippen molar-refractivity contribution < 1.29 is 24.6 Å². The molecule has 1 unspecified atom stereocenters. The number of hydrogen-bond donors (Lipinski definition) is 3. The summed E-state index contributed by atoms with van der Waals surface area (Å²) in [5, 5.41) is 26.1. The molecule has 0 aliphatic carbocycles. The van der Waals surface area contributed by atoms with Crippen molar-refractivity contribution in [2.24, 2.45) is 5.10 Å². The molecule has 0 saturated carbocycles. The number of benzene rings is 1. The minimum absolute atomic E-state index is 0.131. The molecular weight excluding hydrogens is 314 g/mol. The van der Waals surface area contributed by atoms with Crippen LogP contribution in [0.2, 0.25) is 0 Å². The number of hydrogen-bond acceptors (Lipinski definition) is 5. The van der Waals surface area contributed by atoms with Gasteiger partial charge in [0.25, 0.3) is 5.91 Å². The molecule has 0 saturated heterocycles. The van der Waals surface area contributed by atoms with Gasteiger partial charge in [-0.25, -0.2) is 9.80 Å². The zero-order valence-corrected chi connectivity index (χ0v) is 13.2. The fourth-order valence-corrected chi connectivity index (χ4v) is 2.07. The van der Waals surface area contributed by atoms with Gasteiger partial charge in [-0.05, 0) is 12.5 Å². The molecule has 0 fully saturated rings. The maximum absolute atomic E-state index is 12.1. The number of amides is 2. The highest BCUT2D eigenvalue weighted by Gasteiger charge is 2.31. The predicted molar refractivity (Wildman–Crippen MR) is 84.9 cm³/mol. The number of hydrazone groups is 1. The summed E-state index contributed by atoms with van der Waals surface area (Å²) in [6.45, 7) is 0.889. The maximum Gasteiger partial charge on any atom is 0.337 e. The molecule has 2 amide bonds. The van der Waals surface area contributed by atoms with Crippen LogP contribution in [0.4, 0.5) is 0 Å². The molecule has 8 heteroatoms. The Balaban J connectivity index is 2.04. The predicted octanol–water partition coefficient (Wildman–Crippen LogP) is 0.117. The van der Waals surface area contributed by atoms with E-state index in [2.05, 4.69) is 10.4 Å². The van der Waals surface area contributed by atoms with Crippen molar-refractivity contribution in [1.82, 2.24) is 10.3 Å². The van der Waals surface area contributed by atoms with Gasteiger partial charge in [-0.3, -0.25) is 9.59 Å². The Morgan fingerprint density at radius 1 is 1.29 bits per heavy atom. The topological polar surface area (TPSA) is 119 Å². The summed E-state index contributed by atoms with van der Waals surface area (Å²) >= 11 is 0. The second kappa shape index (κ2) is 7.22. The van der Waals surface area contributed by atoms with Crippen LogP contribution in [0.1, 0.15) is 25.3 Å². The van der Waals surface area contributed by atoms with Crippen molar-refractivity contribution in [1.29, 1.82) is 0 Å². The van der Waals surface area contributed by atoms with Crippen molar-refractivity contribution in [2.45, 2.75) is 31.9 Å². The van der Waals surface area contributed by atoms with E-state index in [1.165, 1.54) is 5.01 Å². The third-order valence-electron chi connectivity index (χ3n) is 3.60. The lowest BCUT2D eigenvalue weighted by Gasteiger charge is -2.24. The first-order valence-corrected chi connectivity index (χ1v) is 7.45. The molecule has 0 spiro atoms. The second-order valence-corrected chi connectivity index (χ2v) is 5.75. The van der Waals surface area contributed by atoms with E-state index in [1.807, 2.05) is 30.3 Å². The van der Waals surface area contributed by atoms with Crippen molar-refractivity contribution in [3.05, 3.63) is 35.9 Å². The Morgan fingerprint density at radius 3 is 2.58 bits per heavy atom. The highest BCUT2D eigenvalue weighted by molar-refractivity contribution is 6.39. The maximum atomic E-state index is 12.1. The number of rotatable bonds is 6. The van der Waals surface area contributed by atoms with Gasteiger partial charge in [0.15, 0.2) is 5.60 Å². The van der Waals surface area contributed by atoms with Gasteiger partial charge >= 0.3 is 5.97 Å². The van der Waals surface area contributed by atoms with Gasteiger partial charge < -0.3 is 15.5 Å². The molecule has 1 atom stereocenters. The molecule has 1 aliphatic rings. The van der Waals surface area contributed by atoms with E-state index in [1.54, 1.807) is 0 Å². The molecule has 0 bridgehead atoms. The van der Waals surface area contributed by atoms with Gasteiger partial charge in [-0.15, -0.1) is 0 Å². The normalized spacial score (nSPS) is 17.0. The van der Waals surface area contributed by atoms with Gasteiger partial charge in [0.1, 0.15) is 5.71 Å². The van der Waals surface area contributed by atoms with Crippen LogP contribution in [0.15, 0.2) is 35.4 Å². The minimum Gasteiger partial charge on any atom is -0.479 e. The summed E-state index contributed by atoms with van der Waals surface area (Å²) in [7, 11) is 0. The van der Waals surface area contributed by atoms with Crippen LogP contribution in [0, 0.1) is 0 Å². The summed E-state index contributed by atoms with van der Waals surface area (Å²) in [5.74, 6) is -2.22. The summed E-state index contributed by atoms with van der Waals surface area (Å²) in [6, 6.07) is 9.24. The molecule has 24 heavy (non-hydrogen) atoms. The van der Waals surface area contributed by atoms with Gasteiger partial charge in [0.2, 0.25) is 5.91 Å². The monoisotopic (exact) mass is 333 g/mol. The summed E-state index contributed by atoms with van der Waals surface area (Å²) in [5.41, 5.74) is -1.05. The van der Waals surface area contributed by atoms with Crippen LogP contribution < -0.4 is 5.32 Å². The lowest BCUT2D eigenvalue weighted by atomic mass is 10.1. The fraction of sp³-hybridized carbons (Fsp3) is 0.375. The Hall–Kier alpha value is -2.74. The van der Waals surface area contributed by atoms with Crippen LogP contribution >= 0.6 is 0 Å². The van der Waals surface area contributed by atoms with E-state index in [0.717, 1.165) is 12.5 Å². The van der Waals surface area contributed by atoms with Gasteiger partial charge in [0.05, 0.1) is 13.1 Å². The highest BCUT2D eigenvalue weighted by atomic mass is 16.4. The summed E-state index contributed by atoms with van der Waals surface area (Å²) < 4.78 is 0. The third kappa shape index (κ3) is 4.39. The molecule has 1 aromatic rings. The molecule has 8 nitrogen and oxygen atoms in total. The van der Waals surface area contributed by atoms with Crippen molar-refractivity contribution in [3.63, 3.8) is 0 Å². The smallest absolute Gasteiger partial charge is 0.337 e. The van der Waals surface area contributed by atoms with E-state index in [-0.39, 0.29) is 31.0 Å². The first-order chi connectivity index (χ1) is 11.3. The molecule has 2 rings (SSSR count). The fourth-order valence-electron chi connectivity index (χ4n) is 2.07. The summed E-state index contributed by atoms with van der Waals surface area (Å²) in [4.78, 5) is 34.9. The zero-order valence-electron chi connectivity index (χ0n) is 13.2. The van der Waals surface area contributed by atoms with Crippen LogP contribution in [0.25, 0.3) is 0 Å². The molecule has 1 heterocycles. The lowest BCUT2D eigenvalue weighted by molar-refractivity contribution is -0.156. The molecule has 0 aromatic heterocycles. The second-order valence-electron chi connectivity index (χ2n) is 5.75. The standard InChI is InChI=1S/C16H19N3O5/c1-16(24,15(22)23)10-17-14(21)12-7-8-13(20)19(18-12)9-11-5-3-2-4-6-11/h2-6,24H,7-10H2,1H3,(H,17,21)(H,22,23). The molecule has 3 N–H and O–H groups in total. The highest BCUT2D eigenvalue weighted by Crippen LogP contribution is 2.14. The Kier molecular flexibility index (Phi) is 5.30. The number of carboxylic acid groups (broad SMARTS) is 1. The molecule has 1 aromatic carbocycles. The number of carbonyl (C=O) groups is 3. The van der Waals surface area contributed by atoms with Crippen LogP contribution in [0.3, 0.4) is 0 Å². The average molecular weight is 333 g/mol. The quantitative estimate of drug-likeness (QED) is 0.683. The molecule has 0 radical (unpaired) electrons. The van der Waals surface area contributed by atoms with Gasteiger partial charge in [-0.2, -0.15) is 5.10 Å². The van der Waals surface area contributed by atoms with Crippen molar-refractivity contribution in [3.8, 4) is 0 Å². The van der Waals surface area contributed by atoms with Gasteiger partial charge in [-0.1, -0.05) is 30.3 Å². The summed E-state index contributed by atoms with van der Waals surface area (Å²) in [6.07, 6.45) is 0.319. The zero-order chi connectivity index (χ0) is 17.7. The van der Waals surface area contributed by atoms with Crippen LogP contribution in [0.5, 0.6) is 0 Å². The van der Waals surface area contributed by atoms with Crippen LogP contribution in [-0.4, -0.2) is 50.9 Å². The number of carboxylic acids is 1. The molecule has 1 aliphatic heterocycles. The van der Waals surface area contributed by atoms with Gasteiger partial charge in [0, 0.05) is 12.8 Å². The molecule has 128 valence electrons. The van der Waals surface area contributed by atoms with Crippen LogP contribution in [-0.2, 0) is 20.9 Å². The number of aliphatic carboxylic acids is 1. The lowest BCUT2D eigenvalue weighted by Crippen LogP contribution is -2.49. The Labute approximate surface area is 138 Å². The Morgan fingerprint density at radius 2 is 1.96 bits per heavy atom. The largest absolute Gasteiger partial charge is 0.479 e. The first-order valence-electron chi connectivity index (χ1n) is 7.45. The Bertz CT molecular complexity index is 670. The number of nitrogens with one attached hydrogen (secondary N) is 1. The third-order valence-corrected chi connectivity index (χ3v) is 3.60. The molecular formula is C16H19N3O5. The van der Waals surface area contributed by atoms with Crippen molar-refractivity contribution >= 4 is 23.5 Å². The number of carbonyl (C=O) groups excluding carboxylic acids is 2. The average Bonchev–Trinajstić information content (AvgIpc) is 2.55. The number of aliphatic hydroxyl groups is 1. The van der Waals surface area contributed by atoms with E-state index in [4.69, 9.17) is 5.11 Å². The van der Waals surface area contributed by atoms with Crippen molar-refractivity contribution in [2.75, 3.05) is 6.54 Å². The van der Waals surface area contributed by atoms with E-state index in [0.29, 0.717) is 0 Å². The van der Waals surface area contributed by atoms with E-state index >= 15 is 0 Å². The SMILES string of the molecule is CC(O)(CNC(=O)C1=NN(Cc2ccccc2)C(=O)CC1)C(=O)O. The number of nitrogens with zero attached hydrogens (tertiary/aromatic N) is 2. The van der Waals surface area contributed by atoms with E-state index < -0.39 is 24.0 Å². The first kappa shape index (κ1) is 17.6. The van der Waals surface area contributed by atoms with E-state index in [9.17, 15) is 19.5 Å².